The van der Waals surface area contributed by atoms with Gasteiger partial charge in [0.25, 0.3) is 0 Å². The molecule has 0 bridgehead atoms. The van der Waals surface area contributed by atoms with Gasteiger partial charge in [-0.25, -0.2) is 0 Å². The summed E-state index contributed by atoms with van der Waals surface area (Å²) in [6.45, 7) is 6.62. The molecule has 0 unspecified atom stereocenters. The number of alkyl halides is 1. The number of hydrogen-bond donors (Lipinski definition) is 0. The van der Waals surface area contributed by atoms with Gasteiger partial charge in [-0.2, -0.15) is 0 Å². The second-order valence-corrected chi connectivity index (χ2v) is 4.04. The highest BCUT2D eigenvalue weighted by atomic mass is 79.9. The molecular weight excluding hydrogens is 176 g/mol. The van der Waals surface area contributed by atoms with Crippen LogP contribution in [0.3, 0.4) is 0 Å². The summed E-state index contributed by atoms with van der Waals surface area (Å²) in [4.78, 5) is 0. The van der Waals surface area contributed by atoms with Crippen LogP contribution in [0.25, 0.3) is 0 Å². The summed E-state index contributed by atoms with van der Waals surface area (Å²) in [6, 6.07) is 0. The largest absolute Gasteiger partial charge is 0.0925 e. The van der Waals surface area contributed by atoms with Crippen LogP contribution < -0.4 is 0 Å². The van der Waals surface area contributed by atoms with Crippen LogP contribution in [-0.2, 0) is 0 Å². The first-order valence-electron chi connectivity index (χ1n) is 3.30. The fourth-order valence-electron chi connectivity index (χ4n) is 0.500. The van der Waals surface area contributed by atoms with Crippen LogP contribution in [0.15, 0.2) is 12.2 Å². The molecule has 0 saturated heterocycles. The van der Waals surface area contributed by atoms with E-state index in [0.717, 1.165) is 11.8 Å². The molecule has 9 heavy (non-hydrogen) atoms. The van der Waals surface area contributed by atoms with Crippen molar-refractivity contribution in [1.29, 1.82) is 0 Å². The predicted octanol–water partition coefficient (Wildman–Crippen LogP) is 3.37. The van der Waals surface area contributed by atoms with Gasteiger partial charge in [0.05, 0.1) is 0 Å². The molecule has 0 aromatic heterocycles. The van der Waals surface area contributed by atoms with Crippen molar-refractivity contribution in [1.82, 2.24) is 0 Å². The minimum absolute atomic E-state index is 0.349. The summed E-state index contributed by atoms with van der Waals surface area (Å²) < 4.78 is 0. The first kappa shape index (κ1) is 9.22. The van der Waals surface area contributed by atoms with Crippen LogP contribution in [0.4, 0.5) is 0 Å². The normalized spacial score (nSPS) is 12.9. The van der Waals surface area contributed by atoms with E-state index in [9.17, 15) is 0 Å². The van der Waals surface area contributed by atoms with Gasteiger partial charge < -0.3 is 0 Å². The van der Waals surface area contributed by atoms with E-state index in [1.807, 2.05) is 0 Å². The Morgan fingerprint density at radius 1 is 1.33 bits per heavy atom. The summed E-state index contributed by atoms with van der Waals surface area (Å²) in [5.74, 6) is 0. The first-order valence-corrected chi connectivity index (χ1v) is 4.42. The Morgan fingerprint density at radius 3 is 2.22 bits per heavy atom. The molecule has 0 N–H and O–H groups in total. The van der Waals surface area contributed by atoms with Gasteiger partial charge in [0.1, 0.15) is 0 Å². The lowest BCUT2D eigenvalue weighted by atomic mass is 9.96. The monoisotopic (exact) mass is 190 g/mol. The van der Waals surface area contributed by atoms with Crippen molar-refractivity contribution in [2.45, 2.75) is 27.2 Å². The second-order valence-electron chi connectivity index (χ2n) is 3.25. The van der Waals surface area contributed by atoms with E-state index < -0.39 is 0 Å². The van der Waals surface area contributed by atoms with E-state index in [0.29, 0.717) is 5.41 Å². The predicted molar refractivity (Wildman–Crippen MR) is 47.0 cm³/mol. The molecule has 0 rings (SSSR count). The van der Waals surface area contributed by atoms with Crippen molar-refractivity contribution in [3.63, 3.8) is 0 Å². The molecule has 0 saturated carbocycles. The first-order chi connectivity index (χ1) is 4.06. The number of rotatable bonds is 2. The van der Waals surface area contributed by atoms with Crippen LogP contribution in [0.5, 0.6) is 0 Å². The molecule has 1 heteroatoms. The van der Waals surface area contributed by atoms with E-state index in [2.05, 4.69) is 48.9 Å². The lowest BCUT2D eigenvalue weighted by molar-refractivity contribution is 0.542. The molecule has 0 fully saturated rings. The highest BCUT2D eigenvalue weighted by molar-refractivity contribution is 9.09. The third-order valence-electron chi connectivity index (χ3n) is 0.894. The molecule has 0 aliphatic carbocycles. The smallest absolute Gasteiger partial charge is 0.00659 e. The molecule has 0 aromatic rings. The molecule has 54 valence electrons. The standard InChI is InChI=1S/C8H15Br/c1-8(2,3)6-4-5-7-9/h4,6H,5,7H2,1-3H3. The fourth-order valence-corrected chi connectivity index (χ4v) is 0.764. The molecule has 0 aliphatic rings. The van der Waals surface area contributed by atoms with Gasteiger partial charge in [-0.05, 0) is 11.8 Å². The van der Waals surface area contributed by atoms with Crippen LogP contribution in [0.2, 0.25) is 0 Å². The minimum Gasteiger partial charge on any atom is -0.0925 e. The van der Waals surface area contributed by atoms with Gasteiger partial charge in [-0.15, -0.1) is 0 Å². The number of allylic oxidation sites excluding steroid dienone is 2. The van der Waals surface area contributed by atoms with Gasteiger partial charge >= 0.3 is 0 Å². The van der Waals surface area contributed by atoms with Crippen molar-refractivity contribution in [2.75, 3.05) is 5.33 Å². The zero-order chi connectivity index (χ0) is 7.33. The quantitative estimate of drug-likeness (QED) is 0.463. The Hall–Kier alpha value is 0.220. The highest BCUT2D eigenvalue weighted by Crippen LogP contribution is 2.14. The molecule has 0 aliphatic heterocycles. The third-order valence-corrected chi connectivity index (χ3v) is 1.35. The maximum Gasteiger partial charge on any atom is 0.00659 e. The van der Waals surface area contributed by atoms with Crippen molar-refractivity contribution in [3.8, 4) is 0 Å². The second kappa shape index (κ2) is 4.10. The topological polar surface area (TPSA) is 0 Å². The Labute approximate surface area is 66.5 Å². The lowest BCUT2D eigenvalue weighted by Gasteiger charge is -2.10. The Bertz CT molecular complexity index is 87.2. The zero-order valence-electron chi connectivity index (χ0n) is 6.45. The minimum atomic E-state index is 0.349. The Morgan fingerprint density at radius 2 is 1.89 bits per heavy atom. The molecule has 0 radical (unpaired) electrons. The summed E-state index contributed by atoms with van der Waals surface area (Å²) in [7, 11) is 0. The molecule has 0 heterocycles. The lowest BCUT2D eigenvalue weighted by Crippen LogP contribution is -1.97. The van der Waals surface area contributed by atoms with Gasteiger partial charge in [0, 0.05) is 5.33 Å². The summed E-state index contributed by atoms with van der Waals surface area (Å²) >= 11 is 3.37. The average Bonchev–Trinajstić information content (AvgIpc) is 1.63. The molecule has 0 atom stereocenters. The van der Waals surface area contributed by atoms with Crippen LogP contribution >= 0.6 is 15.9 Å². The van der Waals surface area contributed by atoms with Crippen LogP contribution in [0, 0.1) is 5.41 Å². The fraction of sp³-hybridized carbons (Fsp3) is 0.750. The van der Waals surface area contributed by atoms with Gasteiger partial charge in [-0.3, -0.25) is 0 Å². The molecular formula is C8H15Br. The van der Waals surface area contributed by atoms with Gasteiger partial charge in [0.2, 0.25) is 0 Å². The van der Waals surface area contributed by atoms with Crippen molar-refractivity contribution < 1.29 is 0 Å². The summed E-state index contributed by atoms with van der Waals surface area (Å²) in [5.41, 5.74) is 0.349. The third kappa shape index (κ3) is 8.22. The van der Waals surface area contributed by atoms with Crippen LogP contribution in [-0.4, -0.2) is 5.33 Å². The molecule has 0 nitrogen and oxygen atoms in total. The Balaban J connectivity index is 3.45. The number of halogens is 1. The maximum atomic E-state index is 3.37. The maximum absolute atomic E-state index is 3.37. The Kier molecular flexibility index (Phi) is 4.20. The molecule has 0 amide bonds. The van der Waals surface area contributed by atoms with Crippen LogP contribution in [0.1, 0.15) is 27.2 Å². The average molecular weight is 191 g/mol. The van der Waals surface area contributed by atoms with E-state index >= 15 is 0 Å². The number of hydrogen-bond acceptors (Lipinski definition) is 0. The van der Waals surface area contributed by atoms with Crippen molar-refractivity contribution >= 4 is 15.9 Å². The molecule has 0 spiro atoms. The summed E-state index contributed by atoms with van der Waals surface area (Å²) in [6.07, 6.45) is 5.60. The molecule has 0 aromatic carbocycles. The van der Waals surface area contributed by atoms with E-state index in [1.165, 1.54) is 0 Å². The van der Waals surface area contributed by atoms with E-state index in [-0.39, 0.29) is 0 Å². The zero-order valence-corrected chi connectivity index (χ0v) is 8.03. The SMILES string of the molecule is CC(C)(C)C=CCCBr. The summed E-state index contributed by atoms with van der Waals surface area (Å²) in [5, 5.41) is 1.07. The van der Waals surface area contributed by atoms with Gasteiger partial charge in [0.15, 0.2) is 0 Å². The van der Waals surface area contributed by atoms with Gasteiger partial charge in [-0.1, -0.05) is 48.9 Å². The van der Waals surface area contributed by atoms with E-state index in [1.54, 1.807) is 0 Å². The highest BCUT2D eigenvalue weighted by Gasteiger charge is 2.01. The van der Waals surface area contributed by atoms with E-state index in [4.69, 9.17) is 0 Å². The van der Waals surface area contributed by atoms with Crippen molar-refractivity contribution in [2.24, 2.45) is 5.41 Å². The van der Waals surface area contributed by atoms with Crippen molar-refractivity contribution in [3.05, 3.63) is 12.2 Å².